The number of fused-ring (bicyclic) bond motifs is 2. The highest BCUT2D eigenvalue weighted by Crippen LogP contribution is 2.44. The van der Waals surface area contributed by atoms with Gasteiger partial charge in [-0.15, -0.1) is 0 Å². The summed E-state index contributed by atoms with van der Waals surface area (Å²) in [5.41, 5.74) is 1.30. The maximum Gasteiger partial charge on any atom is 0.241 e. The number of nitrogens with zero attached hydrogens (tertiary/aromatic N) is 1. The van der Waals surface area contributed by atoms with Gasteiger partial charge in [0.2, 0.25) is 15.9 Å². The summed E-state index contributed by atoms with van der Waals surface area (Å²) in [7, 11) is -2.12. The molecule has 3 rings (SSSR count). The molecule has 1 N–H and O–H groups in total. The van der Waals surface area contributed by atoms with Crippen LogP contribution < -0.4 is 14.4 Å². The molecule has 2 aliphatic carbocycles. The monoisotopic (exact) mass is 366 g/mol. The van der Waals surface area contributed by atoms with Gasteiger partial charge >= 0.3 is 0 Å². The van der Waals surface area contributed by atoms with Gasteiger partial charge in [0.1, 0.15) is 12.3 Å². The number of hydrogen-bond acceptors (Lipinski definition) is 4. The van der Waals surface area contributed by atoms with E-state index in [4.69, 9.17) is 4.74 Å². The van der Waals surface area contributed by atoms with E-state index in [1.54, 1.807) is 12.1 Å². The summed E-state index contributed by atoms with van der Waals surface area (Å²) in [6.45, 7) is 1.64. The number of nitrogens with one attached hydrogen (secondary N) is 1. The standard InChI is InChI=1S/C18H26N2O4S/c1-12-4-7-17(24-2)16(8-12)20(25(3,22)23)11-18(21)19-15-10-13-5-6-14(15)9-13/h4,7-8,13-15H,5-6,9-11H2,1-3H3,(H,19,21)/t13-,14+,15+/m0/s1. The average Bonchev–Trinajstić information content (AvgIpc) is 3.14. The van der Waals surface area contributed by atoms with Gasteiger partial charge in [0.25, 0.3) is 0 Å². The molecule has 2 saturated carbocycles. The maximum absolute atomic E-state index is 12.5. The molecule has 0 aromatic heterocycles. The fourth-order valence-electron chi connectivity index (χ4n) is 4.18. The number of sulfonamides is 1. The molecule has 6 nitrogen and oxygen atoms in total. The minimum atomic E-state index is -3.61. The van der Waals surface area contributed by atoms with E-state index in [2.05, 4.69) is 5.32 Å². The quantitative estimate of drug-likeness (QED) is 0.836. The molecule has 0 unspecified atom stereocenters. The Morgan fingerprint density at radius 1 is 1.32 bits per heavy atom. The fourth-order valence-corrected chi connectivity index (χ4v) is 5.03. The van der Waals surface area contributed by atoms with Crippen molar-refractivity contribution in [2.75, 3.05) is 24.2 Å². The van der Waals surface area contributed by atoms with Gasteiger partial charge in [0, 0.05) is 6.04 Å². The molecule has 0 aliphatic heterocycles. The molecule has 7 heteroatoms. The Balaban J connectivity index is 1.78. The summed E-state index contributed by atoms with van der Waals surface area (Å²) in [4.78, 5) is 12.5. The van der Waals surface area contributed by atoms with Crippen molar-refractivity contribution in [2.45, 2.75) is 38.6 Å². The number of anilines is 1. The van der Waals surface area contributed by atoms with Gasteiger partial charge in [0.05, 0.1) is 19.1 Å². The number of ether oxygens (including phenoxy) is 1. The van der Waals surface area contributed by atoms with Crippen LogP contribution in [0.15, 0.2) is 18.2 Å². The van der Waals surface area contributed by atoms with Gasteiger partial charge in [-0.25, -0.2) is 8.42 Å². The molecule has 0 radical (unpaired) electrons. The van der Waals surface area contributed by atoms with Crippen molar-refractivity contribution >= 4 is 21.6 Å². The number of amides is 1. The van der Waals surface area contributed by atoms with Crippen LogP contribution in [0.1, 0.15) is 31.2 Å². The fraction of sp³-hybridized carbons (Fsp3) is 0.611. The predicted octanol–water partition coefficient (Wildman–Crippen LogP) is 2.07. The van der Waals surface area contributed by atoms with Crippen LogP contribution in [-0.2, 0) is 14.8 Å². The molecule has 2 fully saturated rings. The van der Waals surface area contributed by atoms with E-state index in [0.717, 1.165) is 34.9 Å². The average molecular weight is 366 g/mol. The van der Waals surface area contributed by atoms with Crippen molar-refractivity contribution in [2.24, 2.45) is 11.8 Å². The number of hydrogen-bond donors (Lipinski definition) is 1. The molecule has 2 bridgehead atoms. The highest BCUT2D eigenvalue weighted by atomic mass is 32.2. The lowest BCUT2D eigenvalue weighted by atomic mass is 9.95. The number of methoxy groups -OCH3 is 1. The smallest absolute Gasteiger partial charge is 0.241 e. The van der Waals surface area contributed by atoms with Crippen molar-refractivity contribution in [3.05, 3.63) is 23.8 Å². The highest BCUT2D eigenvalue weighted by molar-refractivity contribution is 7.92. The zero-order valence-electron chi connectivity index (χ0n) is 15.0. The molecule has 0 heterocycles. The van der Waals surface area contributed by atoms with E-state index in [9.17, 15) is 13.2 Å². The zero-order valence-corrected chi connectivity index (χ0v) is 15.8. The topological polar surface area (TPSA) is 75.7 Å². The minimum absolute atomic E-state index is 0.187. The first-order valence-electron chi connectivity index (χ1n) is 8.69. The summed E-state index contributed by atoms with van der Waals surface area (Å²) in [5, 5.41) is 3.05. The Kier molecular flexibility index (Phi) is 4.95. The first-order chi connectivity index (χ1) is 11.8. The number of rotatable bonds is 6. The molecule has 0 spiro atoms. The van der Waals surface area contributed by atoms with E-state index in [1.165, 1.54) is 20.0 Å². The van der Waals surface area contributed by atoms with E-state index >= 15 is 0 Å². The second-order valence-corrected chi connectivity index (χ2v) is 9.20. The maximum atomic E-state index is 12.5. The lowest BCUT2D eigenvalue weighted by Crippen LogP contribution is -2.45. The molecule has 25 heavy (non-hydrogen) atoms. The summed E-state index contributed by atoms with van der Waals surface area (Å²) in [6, 6.07) is 5.48. The Bertz CT molecular complexity index is 762. The third-order valence-corrected chi connectivity index (χ3v) is 6.50. The molecule has 0 saturated heterocycles. The first kappa shape index (κ1) is 18.0. The summed E-state index contributed by atoms with van der Waals surface area (Å²) < 4.78 is 31.0. The summed E-state index contributed by atoms with van der Waals surface area (Å²) >= 11 is 0. The number of aryl methyl sites for hydroxylation is 1. The molecule has 1 aromatic rings. The van der Waals surface area contributed by atoms with E-state index in [0.29, 0.717) is 17.4 Å². The Morgan fingerprint density at radius 2 is 2.08 bits per heavy atom. The number of benzene rings is 1. The van der Waals surface area contributed by atoms with Crippen LogP contribution in [0.2, 0.25) is 0 Å². The molecule has 2 aliphatic rings. The van der Waals surface area contributed by atoms with Gasteiger partial charge in [-0.2, -0.15) is 0 Å². The van der Waals surface area contributed by atoms with Crippen LogP contribution in [-0.4, -0.2) is 40.3 Å². The third-order valence-electron chi connectivity index (χ3n) is 5.38. The van der Waals surface area contributed by atoms with Crippen molar-refractivity contribution in [1.29, 1.82) is 0 Å². The van der Waals surface area contributed by atoms with Crippen molar-refractivity contribution in [1.82, 2.24) is 5.32 Å². The van der Waals surface area contributed by atoms with Crippen molar-refractivity contribution in [3.8, 4) is 5.75 Å². The van der Waals surface area contributed by atoms with Crippen LogP contribution in [0.25, 0.3) is 0 Å². The summed E-state index contributed by atoms with van der Waals surface area (Å²) in [5.74, 6) is 1.45. The van der Waals surface area contributed by atoms with E-state index < -0.39 is 10.0 Å². The Morgan fingerprint density at radius 3 is 2.64 bits per heavy atom. The molecule has 1 aromatic carbocycles. The van der Waals surface area contributed by atoms with Crippen LogP contribution in [0.5, 0.6) is 5.75 Å². The van der Waals surface area contributed by atoms with Crippen molar-refractivity contribution in [3.63, 3.8) is 0 Å². The lowest BCUT2D eigenvalue weighted by molar-refractivity contribution is -0.120. The van der Waals surface area contributed by atoms with Gasteiger partial charge in [0.15, 0.2) is 0 Å². The normalized spacial score (nSPS) is 25.0. The van der Waals surface area contributed by atoms with E-state index in [1.807, 2.05) is 13.0 Å². The first-order valence-corrected chi connectivity index (χ1v) is 10.5. The van der Waals surface area contributed by atoms with Crippen LogP contribution >= 0.6 is 0 Å². The minimum Gasteiger partial charge on any atom is -0.495 e. The lowest BCUT2D eigenvalue weighted by Gasteiger charge is -2.27. The van der Waals surface area contributed by atoms with Gasteiger partial charge in [-0.05, 0) is 55.7 Å². The van der Waals surface area contributed by atoms with Crippen LogP contribution in [0, 0.1) is 18.8 Å². The zero-order chi connectivity index (χ0) is 18.2. The summed E-state index contributed by atoms with van der Waals surface area (Å²) in [6.07, 6.45) is 5.74. The Labute approximate surface area is 149 Å². The molecular formula is C18H26N2O4S. The van der Waals surface area contributed by atoms with Crippen LogP contribution in [0.3, 0.4) is 0 Å². The third kappa shape index (κ3) is 3.92. The van der Waals surface area contributed by atoms with E-state index in [-0.39, 0.29) is 18.5 Å². The largest absolute Gasteiger partial charge is 0.495 e. The molecule has 3 atom stereocenters. The molecular weight excluding hydrogens is 340 g/mol. The number of carbonyl (C=O) groups is 1. The predicted molar refractivity (Wildman–Crippen MR) is 97.3 cm³/mol. The Hall–Kier alpha value is -1.76. The van der Waals surface area contributed by atoms with Gasteiger partial charge < -0.3 is 10.1 Å². The van der Waals surface area contributed by atoms with Gasteiger partial charge in [-0.1, -0.05) is 12.5 Å². The second-order valence-electron chi connectivity index (χ2n) is 7.29. The SMILES string of the molecule is COc1ccc(C)cc1N(CC(=O)N[C@@H]1C[C@H]2CC[C@@H]1C2)S(C)(=O)=O. The second kappa shape index (κ2) is 6.86. The highest BCUT2D eigenvalue weighted by Gasteiger charge is 2.40. The van der Waals surface area contributed by atoms with Crippen LogP contribution in [0.4, 0.5) is 5.69 Å². The molecule has 138 valence electrons. The number of carbonyl (C=O) groups excluding carboxylic acids is 1. The van der Waals surface area contributed by atoms with Crippen molar-refractivity contribution < 1.29 is 17.9 Å². The molecule has 1 amide bonds. The van der Waals surface area contributed by atoms with Gasteiger partial charge in [-0.3, -0.25) is 9.10 Å².